The van der Waals surface area contributed by atoms with Gasteiger partial charge in [-0.05, 0) is 5.92 Å². The molecule has 1 rings (SSSR count). The molecule has 4 nitrogen and oxygen atoms in total. The third-order valence-corrected chi connectivity index (χ3v) is 2.27. The largest absolute Gasteiger partial charge is 0.381 e. The molecule has 1 atom stereocenters. The van der Waals surface area contributed by atoms with E-state index in [0.29, 0.717) is 5.92 Å². The molecule has 1 aliphatic heterocycles. The van der Waals surface area contributed by atoms with E-state index in [1.807, 2.05) is 6.92 Å². The first-order valence-electron chi connectivity index (χ1n) is 3.55. The molecule has 0 radical (unpaired) electrons. The smallest absolute Gasteiger partial charge is 0.257 e. The van der Waals surface area contributed by atoms with Crippen molar-refractivity contribution in [3.63, 3.8) is 0 Å². The SMILES string of the molecule is CC(CO[SH](=O)=O)C1COC1. The Morgan fingerprint density at radius 3 is 2.64 bits per heavy atom. The molecule has 66 valence electrons. The van der Waals surface area contributed by atoms with E-state index < -0.39 is 11.0 Å². The van der Waals surface area contributed by atoms with Gasteiger partial charge in [-0.25, -0.2) is 8.42 Å². The van der Waals surface area contributed by atoms with Crippen LogP contribution in [-0.4, -0.2) is 28.2 Å². The molecule has 0 amide bonds. The van der Waals surface area contributed by atoms with Gasteiger partial charge in [-0.3, -0.25) is 4.18 Å². The van der Waals surface area contributed by atoms with Crippen molar-refractivity contribution in [3.8, 4) is 0 Å². The van der Waals surface area contributed by atoms with Crippen LogP contribution in [0.5, 0.6) is 0 Å². The lowest BCUT2D eigenvalue weighted by Crippen LogP contribution is -2.35. The maximum Gasteiger partial charge on any atom is 0.257 e. The fraction of sp³-hybridized carbons (Fsp3) is 1.00. The molecule has 1 unspecified atom stereocenters. The van der Waals surface area contributed by atoms with Gasteiger partial charge in [0.15, 0.2) is 0 Å². The summed E-state index contributed by atoms with van der Waals surface area (Å²) in [7, 11) is -2.68. The summed E-state index contributed by atoms with van der Waals surface area (Å²) in [4.78, 5) is 0. The predicted molar refractivity (Wildman–Crippen MR) is 39.7 cm³/mol. The third kappa shape index (κ3) is 2.76. The molecular formula is C6H12O4S. The highest BCUT2D eigenvalue weighted by Crippen LogP contribution is 2.20. The molecule has 1 aliphatic rings. The average Bonchev–Trinajstić information content (AvgIpc) is 1.79. The summed E-state index contributed by atoms with van der Waals surface area (Å²) in [6.07, 6.45) is 0. The Morgan fingerprint density at radius 2 is 2.27 bits per heavy atom. The van der Waals surface area contributed by atoms with E-state index in [1.165, 1.54) is 0 Å². The zero-order chi connectivity index (χ0) is 8.27. The Morgan fingerprint density at radius 1 is 1.64 bits per heavy atom. The Labute approximate surface area is 67.7 Å². The number of hydrogen-bond donors (Lipinski definition) is 1. The normalized spacial score (nSPS) is 21.6. The van der Waals surface area contributed by atoms with Gasteiger partial charge in [-0.2, -0.15) is 0 Å². The van der Waals surface area contributed by atoms with E-state index in [1.54, 1.807) is 0 Å². The van der Waals surface area contributed by atoms with Crippen LogP contribution in [0.25, 0.3) is 0 Å². The first-order valence-corrected chi connectivity index (χ1v) is 4.64. The molecule has 0 aromatic carbocycles. The maximum atomic E-state index is 10.0. The number of hydrogen-bond acceptors (Lipinski definition) is 4. The van der Waals surface area contributed by atoms with Crippen LogP contribution in [0.1, 0.15) is 6.92 Å². The molecule has 5 heteroatoms. The van der Waals surface area contributed by atoms with Crippen molar-refractivity contribution in [3.05, 3.63) is 0 Å². The van der Waals surface area contributed by atoms with Crippen molar-refractivity contribution in [2.75, 3.05) is 19.8 Å². The number of ether oxygens (including phenoxy) is 1. The number of rotatable bonds is 4. The van der Waals surface area contributed by atoms with E-state index >= 15 is 0 Å². The molecule has 1 heterocycles. The van der Waals surface area contributed by atoms with E-state index in [0.717, 1.165) is 13.2 Å². The van der Waals surface area contributed by atoms with Crippen molar-refractivity contribution < 1.29 is 17.3 Å². The summed E-state index contributed by atoms with van der Waals surface area (Å²) in [6, 6.07) is 0. The summed E-state index contributed by atoms with van der Waals surface area (Å²) >= 11 is 0. The minimum Gasteiger partial charge on any atom is -0.381 e. The van der Waals surface area contributed by atoms with Crippen molar-refractivity contribution in [1.29, 1.82) is 0 Å². The van der Waals surface area contributed by atoms with Crippen molar-refractivity contribution in [1.82, 2.24) is 0 Å². The predicted octanol–water partition coefficient (Wildman–Crippen LogP) is -0.188. The third-order valence-electron chi connectivity index (χ3n) is 1.91. The Bertz CT molecular complexity index is 177. The van der Waals surface area contributed by atoms with Crippen molar-refractivity contribution >= 4 is 11.0 Å². The first kappa shape index (κ1) is 8.96. The quantitative estimate of drug-likeness (QED) is 0.609. The highest BCUT2D eigenvalue weighted by atomic mass is 32.2. The van der Waals surface area contributed by atoms with E-state index in [-0.39, 0.29) is 12.5 Å². The lowest BCUT2D eigenvalue weighted by molar-refractivity contribution is -0.0638. The van der Waals surface area contributed by atoms with Crippen molar-refractivity contribution in [2.24, 2.45) is 11.8 Å². The molecule has 0 spiro atoms. The summed E-state index contributed by atoms with van der Waals surface area (Å²) in [5, 5.41) is 0. The van der Waals surface area contributed by atoms with Gasteiger partial charge >= 0.3 is 0 Å². The van der Waals surface area contributed by atoms with E-state index in [2.05, 4.69) is 4.18 Å². The molecular weight excluding hydrogens is 168 g/mol. The van der Waals surface area contributed by atoms with Gasteiger partial charge in [0.05, 0.1) is 19.8 Å². The molecule has 11 heavy (non-hydrogen) atoms. The Hall–Kier alpha value is -0.130. The topological polar surface area (TPSA) is 52.6 Å². The van der Waals surface area contributed by atoms with Crippen LogP contribution in [-0.2, 0) is 19.9 Å². The molecule has 0 aromatic heterocycles. The van der Waals surface area contributed by atoms with Crippen LogP contribution in [0.4, 0.5) is 0 Å². The highest BCUT2D eigenvalue weighted by Gasteiger charge is 2.25. The molecule has 0 saturated carbocycles. The minimum absolute atomic E-state index is 0.275. The monoisotopic (exact) mass is 180 g/mol. The second-order valence-corrected chi connectivity index (χ2v) is 3.50. The zero-order valence-corrected chi connectivity index (χ0v) is 7.25. The standard InChI is InChI=1S/C6H12O4S/c1-5(2-10-11(7)8)6-3-9-4-6/h5-6,11H,2-4H2,1H3. The van der Waals surface area contributed by atoms with Crippen LogP contribution < -0.4 is 0 Å². The fourth-order valence-corrected chi connectivity index (χ4v) is 1.25. The average molecular weight is 180 g/mol. The van der Waals surface area contributed by atoms with Crippen LogP contribution in [0, 0.1) is 11.8 Å². The Balaban J connectivity index is 2.14. The van der Waals surface area contributed by atoms with E-state index in [9.17, 15) is 8.42 Å². The van der Waals surface area contributed by atoms with Crippen LogP contribution in [0.15, 0.2) is 0 Å². The molecule has 0 aromatic rings. The van der Waals surface area contributed by atoms with Gasteiger partial charge < -0.3 is 4.74 Å². The van der Waals surface area contributed by atoms with Crippen LogP contribution in [0.3, 0.4) is 0 Å². The fourth-order valence-electron chi connectivity index (χ4n) is 0.897. The second-order valence-electron chi connectivity index (χ2n) is 2.79. The molecule has 0 N–H and O–H groups in total. The number of thiol groups is 1. The molecule has 0 bridgehead atoms. The van der Waals surface area contributed by atoms with Crippen LogP contribution in [0.2, 0.25) is 0 Å². The van der Waals surface area contributed by atoms with E-state index in [4.69, 9.17) is 4.74 Å². The van der Waals surface area contributed by atoms with Gasteiger partial charge in [0.1, 0.15) is 0 Å². The summed E-state index contributed by atoms with van der Waals surface area (Å²) in [5.74, 6) is 0.751. The molecule has 1 fully saturated rings. The van der Waals surface area contributed by atoms with Crippen molar-refractivity contribution in [2.45, 2.75) is 6.92 Å². The van der Waals surface area contributed by atoms with Gasteiger partial charge in [-0.1, -0.05) is 6.92 Å². The molecule has 1 saturated heterocycles. The van der Waals surface area contributed by atoms with Gasteiger partial charge in [0.25, 0.3) is 11.0 Å². The van der Waals surface area contributed by atoms with Gasteiger partial charge in [0.2, 0.25) is 0 Å². The zero-order valence-electron chi connectivity index (χ0n) is 6.36. The van der Waals surface area contributed by atoms with Gasteiger partial charge in [-0.15, -0.1) is 0 Å². The maximum absolute atomic E-state index is 10.0. The second kappa shape index (κ2) is 4.04. The summed E-state index contributed by atoms with van der Waals surface area (Å²) in [6.45, 7) is 3.72. The lowest BCUT2D eigenvalue weighted by Gasteiger charge is -2.30. The van der Waals surface area contributed by atoms with Gasteiger partial charge in [0, 0.05) is 5.92 Å². The minimum atomic E-state index is -2.68. The highest BCUT2D eigenvalue weighted by molar-refractivity contribution is 7.67. The summed E-state index contributed by atoms with van der Waals surface area (Å²) in [5.41, 5.74) is 0. The van der Waals surface area contributed by atoms with Crippen LogP contribution >= 0.6 is 0 Å². The molecule has 0 aliphatic carbocycles. The lowest BCUT2D eigenvalue weighted by atomic mass is 9.94. The summed E-state index contributed by atoms with van der Waals surface area (Å²) < 4.78 is 29.4. The first-order chi connectivity index (χ1) is 5.20. The Kier molecular flexibility index (Phi) is 3.29.